The lowest BCUT2D eigenvalue weighted by Gasteiger charge is -2.37. The van der Waals surface area contributed by atoms with Crippen molar-refractivity contribution in [1.29, 1.82) is 0 Å². The van der Waals surface area contributed by atoms with Crippen LogP contribution in [0.15, 0.2) is 29.4 Å². The number of piperazine rings is 1. The number of anilines is 1. The van der Waals surface area contributed by atoms with E-state index in [-0.39, 0.29) is 29.9 Å². The van der Waals surface area contributed by atoms with Crippen molar-refractivity contribution in [2.24, 2.45) is 10.9 Å². The van der Waals surface area contributed by atoms with E-state index >= 15 is 0 Å². The van der Waals surface area contributed by atoms with E-state index < -0.39 is 0 Å². The van der Waals surface area contributed by atoms with E-state index in [0.29, 0.717) is 24.1 Å². The lowest BCUT2D eigenvalue weighted by atomic mass is 10.1. The molecule has 1 atom stereocenters. The molecule has 2 saturated heterocycles. The summed E-state index contributed by atoms with van der Waals surface area (Å²) >= 11 is 2.06. The number of aliphatic imine (C=N–C) groups is 1. The molecule has 1 aromatic rings. The zero-order valence-electron chi connectivity index (χ0n) is 18.3. The van der Waals surface area contributed by atoms with Crippen LogP contribution < -0.4 is 10.2 Å². The number of halogens is 1. The number of hydrogen-bond donors (Lipinski definition) is 1. The van der Waals surface area contributed by atoms with Gasteiger partial charge in [0, 0.05) is 76.5 Å². The average molecular weight is 547 g/mol. The summed E-state index contributed by atoms with van der Waals surface area (Å²) < 4.78 is 0. The van der Waals surface area contributed by atoms with E-state index in [1.807, 2.05) is 36.3 Å². The normalized spacial score (nSPS) is 20.2. The molecule has 0 aliphatic carbocycles. The van der Waals surface area contributed by atoms with Crippen LogP contribution in [0.4, 0.5) is 5.82 Å². The van der Waals surface area contributed by atoms with Gasteiger partial charge in [0.15, 0.2) is 5.96 Å². The van der Waals surface area contributed by atoms with Crippen LogP contribution in [0.3, 0.4) is 0 Å². The smallest absolute Gasteiger partial charge is 0.224 e. The summed E-state index contributed by atoms with van der Waals surface area (Å²) in [5.41, 5.74) is 0. The second kappa shape index (κ2) is 12.6. The highest BCUT2D eigenvalue weighted by Gasteiger charge is 2.25. The van der Waals surface area contributed by atoms with Crippen molar-refractivity contribution in [2.75, 3.05) is 63.5 Å². The third-order valence-electron chi connectivity index (χ3n) is 5.58. The molecular formula is C21H35IN6OS. The average Bonchev–Trinajstić information content (AvgIpc) is 2.77. The fourth-order valence-corrected chi connectivity index (χ4v) is 5.07. The highest BCUT2D eigenvalue weighted by molar-refractivity contribution is 14.0. The summed E-state index contributed by atoms with van der Waals surface area (Å²) in [5.74, 6) is 3.91. The van der Waals surface area contributed by atoms with Crippen molar-refractivity contribution in [3.63, 3.8) is 0 Å². The SMILES string of the molecule is CN=C(NCCC(=O)N1CCN(c2ccccn2)CC1)N1CCSC(C(C)C)C1.I. The fraction of sp³-hybridized carbons (Fsp3) is 0.667. The number of carbonyl (C=O) groups is 1. The second-order valence-corrected chi connectivity index (χ2v) is 9.23. The molecule has 2 aliphatic rings. The Morgan fingerprint density at radius 1 is 1.23 bits per heavy atom. The molecule has 0 aromatic carbocycles. The Kier molecular flexibility index (Phi) is 10.5. The van der Waals surface area contributed by atoms with Gasteiger partial charge in [0.1, 0.15) is 5.82 Å². The molecule has 0 spiro atoms. The van der Waals surface area contributed by atoms with Crippen LogP contribution in [0, 0.1) is 5.92 Å². The number of rotatable bonds is 5. The van der Waals surface area contributed by atoms with Crippen LogP contribution in [-0.4, -0.2) is 90.5 Å². The summed E-state index contributed by atoms with van der Waals surface area (Å²) in [7, 11) is 1.83. The van der Waals surface area contributed by atoms with Gasteiger partial charge in [-0.25, -0.2) is 4.98 Å². The molecule has 1 aromatic heterocycles. The highest BCUT2D eigenvalue weighted by Crippen LogP contribution is 2.24. The molecule has 3 heterocycles. The molecule has 2 aliphatic heterocycles. The first-order valence-electron chi connectivity index (χ1n) is 10.6. The van der Waals surface area contributed by atoms with Crippen LogP contribution in [0.5, 0.6) is 0 Å². The van der Waals surface area contributed by atoms with Gasteiger partial charge in [-0.2, -0.15) is 11.8 Å². The number of nitrogens with zero attached hydrogens (tertiary/aromatic N) is 5. The number of thioether (sulfide) groups is 1. The Balaban J connectivity index is 0.00000320. The van der Waals surface area contributed by atoms with Crippen molar-refractivity contribution < 1.29 is 4.79 Å². The first kappa shape index (κ1) is 25.0. The quantitative estimate of drug-likeness (QED) is 0.348. The molecule has 30 heavy (non-hydrogen) atoms. The Hall–Kier alpha value is -1.23. The van der Waals surface area contributed by atoms with Crippen LogP contribution in [0.2, 0.25) is 0 Å². The van der Waals surface area contributed by atoms with Gasteiger partial charge in [-0.05, 0) is 18.1 Å². The van der Waals surface area contributed by atoms with Gasteiger partial charge in [-0.15, -0.1) is 24.0 Å². The minimum atomic E-state index is 0. The Morgan fingerprint density at radius 2 is 2.00 bits per heavy atom. The Morgan fingerprint density at radius 3 is 2.63 bits per heavy atom. The molecule has 7 nitrogen and oxygen atoms in total. The predicted molar refractivity (Wildman–Crippen MR) is 137 cm³/mol. The maximum absolute atomic E-state index is 12.6. The molecular weight excluding hydrogens is 511 g/mol. The number of pyridine rings is 1. The third kappa shape index (κ3) is 6.90. The number of carbonyl (C=O) groups excluding carboxylic acids is 1. The lowest BCUT2D eigenvalue weighted by Crippen LogP contribution is -2.51. The first-order valence-corrected chi connectivity index (χ1v) is 11.6. The number of hydrogen-bond acceptors (Lipinski definition) is 5. The van der Waals surface area contributed by atoms with Gasteiger partial charge in [-0.1, -0.05) is 19.9 Å². The van der Waals surface area contributed by atoms with E-state index in [9.17, 15) is 4.79 Å². The second-order valence-electron chi connectivity index (χ2n) is 7.88. The van der Waals surface area contributed by atoms with Crippen molar-refractivity contribution in [3.05, 3.63) is 24.4 Å². The summed E-state index contributed by atoms with van der Waals surface area (Å²) in [6.45, 7) is 10.4. The van der Waals surface area contributed by atoms with E-state index in [1.165, 1.54) is 0 Å². The van der Waals surface area contributed by atoms with Crippen molar-refractivity contribution >= 4 is 53.4 Å². The minimum Gasteiger partial charge on any atom is -0.356 e. The summed E-state index contributed by atoms with van der Waals surface area (Å²) in [4.78, 5) is 28.0. The molecule has 1 unspecified atom stereocenters. The molecule has 0 bridgehead atoms. The zero-order chi connectivity index (χ0) is 20.6. The molecule has 3 rings (SSSR count). The fourth-order valence-electron chi connectivity index (χ4n) is 3.77. The van der Waals surface area contributed by atoms with E-state index in [4.69, 9.17) is 0 Å². The van der Waals surface area contributed by atoms with Crippen LogP contribution in [0.25, 0.3) is 0 Å². The van der Waals surface area contributed by atoms with Gasteiger partial charge in [-0.3, -0.25) is 9.79 Å². The van der Waals surface area contributed by atoms with Gasteiger partial charge >= 0.3 is 0 Å². The van der Waals surface area contributed by atoms with Crippen LogP contribution in [-0.2, 0) is 4.79 Å². The standard InChI is InChI=1S/C21H34N6OS.HI/c1-17(2)18-16-27(14-15-29-18)21(22-3)24-9-7-20(28)26-12-10-25(11-13-26)19-6-4-5-8-23-19;/h4-6,8,17-18H,7,9-16H2,1-3H3,(H,22,24);1H. The third-order valence-corrected chi connectivity index (χ3v) is 7.12. The van der Waals surface area contributed by atoms with E-state index in [0.717, 1.165) is 56.8 Å². The largest absolute Gasteiger partial charge is 0.356 e. The molecule has 1 N–H and O–H groups in total. The van der Waals surface area contributed by atoms with Crippen molar-refractivity contribution in [2.45, 2.75) is 25.5 Å². The molecule has 1 amide bonds. The molecule has 9 heteroatoms. The molecule has 0 saturated carbocycles. The number of aromatic nitrogens is 1. The van der Waals surface area contributed by atoms with Gasteiger partial charge in [0.25, 0.3) is 0 Å². The summed E-state index contributed by atoms with van der Waals surface area (Å²) in [5, 5.41) is 4.04. The summed E-state index contributed by atoms with van der Waals surface area (Å²) in [6, 6.07) is 5.95. The minimum absolute atomic E-state index is 0. The van der Waals surface area contributed by atoms with Gasteiger partial charge in [0.2, 0.25) is 5.91 Å². The predicted octanol–water partition coefficient (Wildman–Crippen LogP) is 2.39. The topological polar surface area (TPSA) is 64.1 Å². The van der Waals surface area contributed by atoms with E-state index in [2.05, 4.69) is 50.7 Å². The Bertz CT molecular complexity index is 681. The highest BCUT2D eigenvalue weighted by atomic mass is 127. The monoisotopic (exact) mass is 546 g/mol. The number of nitrogens with one attached hydrogen (secondary N) is 1. The van der Waals surface area contributed by atoms with E-state index in [1.54, 1.807) is 0 Å². The van der Waals surface area contributed by atoms with Crippen LogP contribution in [0.1, 0.15) is 20.3 Å². The zero-order valence-corrected chi connectivity index (χ0v) is 21.4. The van der Waals surface area contributed by atoms with Crippen LogP contribution >= 0.6 is 35.7 Å². The first-order chi connectivity index (χ1) is 14.1. The lowest BCUT2D eigenvalue weighted by molar-refractivity contribution is -0.131. The molecule has 2 fully saturated rings. The van der Waals surface area contributed by atoms with Gasteiger partial charge < -0.3 is 20.0 Å². The maximum Gasteiger partial charge on any atom is 0.224 e. The Labute approximate surface area is 202 Å². The van der Waals surface area contributed by atoms with Gasteiger partial charge in [0.05, 0.1) is 0 Å². The number of guanidine groups is 1. The summed E-state index contributed by atoms with van der Waals surface area (Å²) in [6.07, 6.45) is 2.31. The maximum atomic E-state index is 12.6. The van der Waals surface area contributed by atoms with Crippen molar-refractivity contribution in [3.8, 4) is 0 Å². The number of amides is 1. The molecule has 0 radical (unpaired) electrons. The van der Waals surface area contributed by atoms with Crippen molar-refractivity contribution in [1.82, 2.24) is 20.1 Å². The molecule has 168 valence electrons.